The van der Waals surface area contributed by atoms with E-state index in [4.69, 9.17) is 9.47 Å². The van der Waals surface area contributed by atoms with Crippen molar-refractivity contribution in [3.63, 3.8) is 0 Å². The van der Waals surface area contributed by atoms with Crippen LogP contribution in [0.3, 0.4) is 0 Å². The molecule has 1 heterocycles. The van der Waals surface area contributed by atoms with Crippen LogP contribution in [-0.4, -0.2) is 24.1 Å². The quantitative estimate of drug-likeness (QED) is 0.500. The first-order valence-electron chi connectivity index (χ1n) is 10.9. The van der Waals surface area contributed by atoms with Crippen molar-refractivity contribution in [2.24, 2.45) is 0 Å². The SMILES string of the molecule is CCCN(Cc1ccccc1)C1COc2cc(OCc3ccccc3)c(C#N)cc2C1. The van der Waals surface area contributed by atoms with Crippen LogP contribution in [0.4, 0.5) is 0 Å². The van der Waals surface area contributed by atoms with Gasteiger partial charge in [0.15, 0.2) is 0 Å². The molecule has 1 aliphatic rings. The van der Waals surface area contributed by atoms with Crippen molar-refractivity contribution in [1.29, 1.82) is 5.26 Å². The molecule has 3 aromatic carbocycles. The van der Waals surface area contributed by atoms with Crippen LogP contribution in [0.25, 0.3) is 0 Å². The van der Waals surface area contributed by atoms with Crippen LogP contribution >= 0.6 is 0 Å². The van der Waals surface area contributed by atoms with Crippen molar-refractivity contribution in [3.05, 3.63) is 95.1 Å². The summed E-state index contributed by atoms with van der Waals surface area (Å²) < 4.78 is 12.1. The summed E-state index contributed by atoms with van der Waals surface area (Å²) in [4.78, 5) is 2.49. The zero-order chi connectivity index (χ0) is 21.5. The van der Waals surface area contributed by atoms with E-state index in [9.17, 15) is 5.26 Å². The third kappa shape index (κ3) is 5.25. The number of nitrogens with zero attached hydrogens (tertiary/aromatic N) is 2. The zero-order valence-corrected chi connectivity index (χ0v) is 18.0. The van der Waals surface area contributed by atoms with E-state index in [1.807, 2.05) is 42.5 Å². The molecule has 0 saturated carbocycles. The predicted molar refractivity (Wildman–Crippen MR) is 122 cm³/mol. The Morgan fingerprint density at radius 3 is 2.42 bits per heavy atom. The second-order valence-electron chi connectivity index (χ2n) is 7.97. The summed E-state index contributed by atoms with van der Waals surface area (Å²) in [5, 5.41) is 9.69. The second-order valence-corrected chi connectivity index (χ2v) is 7.97. The standard InChI is InChI=1S/C27H28N2O2/c1-2-13-29(18-21-9-5-3-6-10-21)25-15-23-14-24(17-28)27(16-26(23)31-20-25)30-19-22-11-7-4-8-12-22/h3-12,14,16,25H,2,13,15,18-20H2,1H3. The molecule has 4 heteroatoms. The lowest BCUT2D eigenvalue weighted by atomic mass is 9.98. The Kier molecular flexibility index (Phi) is 6.86. The molecular formula is C27H28N2O2. The van der Waals surface area contributed by atoms with Gasteiger partial charge in [0.05, 0.1) is 5.56 Å². The Morgan fingerprint density at radius 1 is 1.03 bits per heavy atom. The van der Waals surface area contributed by atoms with E-state index < -0.39 is 0 Å². The number of nitriles is 1. The van der Waals surface area contributed by atoms with Crippen molar-refractivity contribution in [2.45, 2.75) is 39.0 Å². The van der Waals surface area contributed by atoms with Gasteiger partial charge in [0.2, 0.25) is 0 Å². The minimum absolute atomic E-state index is 0.287. The average Bonchev–Trinajstić information content (AvgIpc) is 2.83. The maximum Gasteiger partial charge on any atom is 0.141 e. The van der Waals surface area contributed by atoms with Gasteiger partial charge >= 0.3 is 0 Å². The Morgan fingerprint density at radius 2 is 1.74 bits per heavy atom. The van der Waals surface area contributed by atoms with E-state index >= 15 is 0 Å². The van der Waals surface area contributed by atoms with E-state index in [1.165, 1.54) is 5.56 Å². The first-order chi connectivity index (χ1) is 15.3. The zero-order valence-electron chi connectivity index (χ0n) is 18.0. The molecule has 0 radical (unpaired) electrons. The largest absolute Gasteiger partial charge is 0.492 e. The molecule has 158 valence electrons. The fourth-order valence-electron chi connectivity index (χ4n) is 4.07. The van der Waals surface area contributed by atoms with Crippen molar-refractivity contribution < 1.29 is 9.47 Å². The van der Waals surface area contributed by atoms with Gasteiger partial charge < -0.3 is 9.47 Å². The maximum absolute atomic E-state index is 9.69. The van der Waals surface area contributed by atoms with Gasteiger partial charge in [-0.25, -0.2) is 0 Å². The smallest absolute Gasteiger partial charge is 0.141 e. The number of hydrogen-bond acceptors (Lipinski definition) is 4. The molecule has 0 bridgehead atoms. The van der Waals surface area contributed by atoms with E-state index in [2.05, 4.69) is 48.2 Å². The molecule has 1 unspecified atom stereocenters. The molecule has 0 N–H and O–H groups in total. The Labute approximate surface area is 184 Å². The molecule has 0 amide bonds. The Bertz CT molecular complexity index is 1030. The Balaban J connectivity index is 1.49. The summed E-state index contributed by atoms with van der Waals surface area (Å²) in [6.07, 6.45) is 1.96. The minimum atomic E-state index is 0.287. The highest BCUT2D eigenvalue weighted by Crippen LogP contribution is 2.34. The second kappa shape index (κ2) is 10.1. The first-order valence-corrected chi connectivity index (χ1v) is 10.9. The molecule has 4 nitrogen and oxygen atoms in total. The van der Waals surface area contributed by atoms with Crippen LogP contribution in [0, 0.1) is 11.3 Å². The molecule has 1 aliphatic heterocycles. The van der Waals surface area contributed by atoms with Crippen LogP contribution in [0.15, 0.2) is 72.8 Å². The number of ether oxygens (including phenoxy) is 2. The third-order valence-electron chi connectivity index (χ3n) is 5.66. The topological polar surface area (TPSA) is 45.5 Å². The molecule has 0 saturated heterocycles. The summed E-state index contributed by atoms with van der Waals surface area (Å²) in [7, 11) is 0. The van der Waals surface area contributed by atoms with Gasteiger partial charge in [-0.1, -0.05) is 67.6 Å². The summed E-state index contributed by atoms with van der Waals surface area (Å²) in [5.74, 6) is 1.41. The fraction of sp³-hybridized carbons (Fsp3) is 0.296. The van der Waals surface area contributed by atoms with Gasteiger partial charge in [-0.05, 0) is 42.1 Å². The van der Waals surface area contributed by atoms with Crippen LogP contribution in [0.5, 0.6) is 11.5 Å². The molecular weight excluding hydrogens is 384 g/mol. The maximum atomic E-state index is 9.69. The minimum Gasteiger partial charge on any atom is -0.492 e. The van der Waals surface area contributed by atoms with Crippen molar-refractivity contribution >= 4 is 0 Å². The van der Waals surface area contributed by atoms with Crippen LogP contribution in [0.2, 0.25) is 0 Å². The Hall–Kier alpha value is -3.29. The van der Waals surface area contributed by atoms with Gasteiger partial charge in [-0.2, -0.15) is 5.26 Å². The highest BCUT2D eigenvalue weighted by Gasteiger charge is 2.26. The van der Waals surface area contributed by atoms with Crippen molar-refractivity contribution in [2.75, 3.05) is 13.2 Å². The van der Waals surface area contributed by atoms with Gasteiger partial charge in [0.25, 0.3) is 0 Å². The third-order valence-corrected chi connectivity index (χ3v) is 5.66. The fourth-order valence-corrected chi connectivity index (χ4v) is 4.07. The van der Waals surface area contributed by atoms with Crippen molar-refractivity contribution in [1.82, 2.24) is 4.90 Å². The molecule has 3 aromatic rings. The van der Waals surface area contributed by atoms with Crippen molar-refractivity contribution in [3.8, 4) is 17.6 Å². The van der Waals surface area contributed by atoms with Gasteiger partial charge in [-0.15, -0.1) is 0 Å². The van der Waals surface area contributed by atoms with E-state index in [0.717, 1.165) is 42.8 Å². The lowest BCUT2D eigenvalue weighted by molar-refractivity contribution is 0.112. The molecule has 1 atom stereocenters. The van der Waals surface area contributed by atoms with Gasteiger partial charge in [0, 0.05) is 18.7 Å². The summed E-state index contributed by atoms with van der Waals surface area (Å²) >= 11 is 0. The number of hydrogen-bond donors (Lipinski definition) is 0. The normalized spacial score (nSPS) is 15.1. The van der Waals surface area contributed by atoms with Gasteiger partial charge in [0.1, 0.15) is 30.8 Å². The number of fused-ring (bicyclic) bond motifs is 1. The predicted octanol–water partition coefficient (Wildman–Crippen LogP) is 5.35. The molecule has 4 rings (SSSR count). The van der Waals surface area contributed by atoms with Gasteiger partial charge in [-0.3, -0.25) is 4.90 Å². The monoisotopic (exact) mass is 412 g/mol. The molecule has 31 heavy (non-hydrogen) atoms. The van der Waals surface area contributed by atoms with E-state index in [0.29, 0.717) is 24.5 Å². The lowest BCUT2D eigenvalue weighted by Gasteiger charge is -2.35. The van der Waals surface area contributed by atoms with E-state index in [1.54, 1.807) is 0 Å². The van der Waals surface area contributed by atoms with Crippen LogP contribution in [0.1, 0.15) is 35.6 Å². The number of benzene rings is 3. The van der Waals surface area contributed by atoms with E-state index in [-0.39, 0.29) is 6.04 Å². The highest BCUT2D eigenvalue weighted by molar-refractivity contribution is 5.53. The molecule has 0 aromatic heterocycles. The molecule has 0 spiro atoms. The van der Waals surface area contributed by atoms with Crippen LogP contribution < -0.4 is 9.47 Å². The first kappa shape index (κ1) is 21.0. The highest BCUT2D eigenvalue weighted by atomic mass is 16.5. The molecule has 0 aliphatic carbocycles. The lowest BCUT2D eigenvalue weighted by Crippen LogP contribution is -2.43. The summed E-state index contributed by atoms with van der Waals surface area (Å²) in [6.45, 7) is 5.20. The number of rotatable bonds is 8. The summed E-state index contributed by atoms with van der Waals surface area (Å²) in [5.41, 5.74) is 4.02. The average molecular weight is 413 g/mol. The summed E-state index contributed by atoms with van der Waals surface area (Å²) in [6, 6.07) is 26.9. The van der Waals surface area contributed by atoms with Crippen LogP contribution in [-0.2, 0) is 19.6 Å². The molecule has 0 fully saturated rings.